The molecule has 0 spiro atoms. The number of nitrogens with zero attached hydrogens (tertiary/aromatic N) is 2. The Bertz CT molecular complexity index is 224. The second-order valence-electron chi connectivity index (χ2n) is 2.68. The first-order valence-corrected chi connectivity index (χ1v) is 3.54. The summed E-state index contributed by atoms with van der Waals surface area (Å²) in [4.78, 5) is 6.50. The van der Waals surface area contributed by atoms with Crippen LogP contribution in [0.3, 0.4) is 0 Å². The van der Waals surface area contributed by atoms with Gasteiger partial charge in [0.1, 0.15) is 5.82 Å². The summed E-state index contributed by atoms with van der Waals surface area (Å²) < 4.78 is 0. The maximum atomic E-state index is 4.27. The van der Waals surface area contributed by atoms with Crippen LogP contribution in [0.15, 0.2) is 18.3 Å². The van der Waals surface area contributed by atoms with Gasteiger partial charge >= 0.3 is 0 Å². The lowest BCUT2D eigenvalue weighted by Gasteiger charge is -1.99. The number of aromatic nitrogens is 1. The monoisotopic (exact) mass is 134 g/mol. The Morgan fingerprint density at radius 2 is 2.20 bits per heavy atom. The summed E-state index contributed by atoms with van der Waals surface area (Å²) in [6, 6.07) is 4.17. The zero-order chi connectivity index (χ0) is 6.97. The van der Waals surface area contributed by atoms with Crippen molar-refractivity contribution in [3.63, 3.8) is 0 Å². The SMILES string of the molecule is Cc1ccc(N2CC2)nc1. The zero-order valence-corrected chi connectivity index (χ0v) is 6.04. The second-order valence-corrected chi connectivity index (χ2v) is 2.68. The fourth-order valence-electron chi connectivity index (χ4n) is 0.926. The zero-order valence-electron chi connectivity index (χ0n) is 6.04. The molecule has 2 heteroatoms. The Labute approximate surface area is 60.5 Å². The van der Waals surface area contributed by atoms with E-state index in [1.54, 1.807) is 0 Å². The van der Waals surface area contributed by atoms with Crippen LogP contribution in [0, 0.1) is 6.92 Å². The molecule has 1 fully saturated rings. The van der Waals surface area contributed by atoms with Crippen molar-refractivity contribution >= 4 is 5.82 Å². The van der Waals surface area contributed by atoms with Crippen LogP contribution in [0.2, 0.25) is 0 Å². The topological polar surface area (TPSA) is 15.9 Å². The Morgan fingerprint density at radius 1 is 1.40 bits per heavy atom. The van der Waals surface area contributed by atoms with E-state index in [0.717, 1.165) is 5.82 Å². The molecule has 0 unspecified atom stereocenters. The van der Waals surface area contributed by atoms with Gasteiger partial charge in [-0.15, -0.1) is 0 Å². The summed E-state index contributed by atoms with van der Waals surface area (Å²) >= 11 is 0. The third-order valence-electron chi connectivity index (χ3n) is 1.67. The number of anilines is 1. The van der Waals surface area contributed by atoms with Gasteiger partial charge in [0.05, 0.1) is 0 Å². The van der Waals surface area contributed by atoms with E-state index in [1.807, 2.05) is 6.20 Å². The summed E-state index contributed by atoms with van der Waals surface area (Å²) in [7, 11) is 0. The minimum absolute atomic E-state index is 1.12. The van der Waals surface area contributed by atoms with Gasteiger partial charge in [0.15, 0.2) is 0 Å². The predicted molar refractivity (Wildman–Crippen MR) is 41.2 cm³/mol. The van der Waals surface area contributed by atoms with Crippen molar-refractivity contribution in [1.82, 2.24) is 4.98 Å². The van der Waals surface area contributed by atoms with E-state index in [2.05, 4.69) is 28.9 Å². The maximum Gasteiger partial charge on any atom is 0.128 e. The van der Waals surface area contributed by atoms with E-state index >= 15 is 0 Å². The molecule has 0 amide bonds. The van der Waals surface area contributed by atoms with Gasteiger partial charge in [-0.3, -0.25) is 0 Å². The molecule has 1 aromatic heterocycles. The molecule has 1 aromatic rings. The molecule has 1 aliphatic heterocycles. The van der Waals surface area contributed by atoms with Crippen LogP contribution in [0.1, 0.15) is 5.56 Å². The first-order valence-electron chi connectivity index (χ1n) is 3.54. The largest absolute Gasteiger partial charge is 0.353 e. The number of rotatable bonds is 1. The number of hydrogen-bond donors (Lipinski definition) is 0. The average Bonchev–Trinajstić information content (AvgIpc) is 2.71. The molecular formula is C8H10N2. The van der Waals surface area contributed by atoms with Gasteiger partial charge in [-0.05, 0) is 18.6 Å². The van der Waals surface area contributed by atoms with Gasteiger partial charge < -0.3 is 4.90 Å². The van der Waals surface area contributed by atoms with E-state index in [4.69, 9.17) is 0 Å². The van der Waals surface area contributed by atoms with Crippen molar-refractivity contribution in [2.24, 2.45) is 0 Å². The molecule has 0 saturated carbocycles. The van der Waals surface area contributed by atoms with Gasteiger partial charge in [0, 0.05) is 19.3 Å². The molecule has 0 aliphatic carbocycles. The molecule has 2 rings (SSSR count). The average molecular weight is 134 g/mol. The van der Waals surface area contributed by atoms with Gasteiger partial charge in [0.25, 0.3) is 0 Å². The van der Waals surface area contributed by atoms with E-state index in [1.165, 1.54) is 18.7 Å². The van der Waals surface area contributed by atoms with Crippen molar-refractivity contribution in [3.8, 4) is 0 Å². The minimum atomic E-state index is 1.12. The molecular weight excluding hydrogens is 124 g/mol. The lowest BCUT2D eigenvalue weighted by molar-refractivity contribution is 1.20. The normalized spacial score (nSPS) is 15.5. The van der Waals surface area contributed by atoms with Crippen molar-refractivity contribution in [1.29, 1.82) is 0 Å². The summed E-state index contributed by atoms with van der Waals surface area (Å²) in [5, 5.41) is 0. The molecule has 1 aliphatic rings. The number of hydrogen-bond acceptors (Lipinski definition) is 2. The standard InChI is InChI=1S/C8H10N2/c1-7-2-3-8(9-6-7)10-4-5-10/h2-3,6H,4-5H2,1H3. The van der Waals surface area contributed by atoms with Crippen LogP contribution in [0.25, 0.3) is 0 Å². The summed E-state index contributed by atoms with van der Waals surface area (Å²) in [6.45, 7) is 4.41. The lowest BCUT2D eigenvalue weighted by Crippen LogP contribution is -1.93. The molecule has 0 N–H and O–H groups in total. The Hall–Kier alpha value is -1.05. The van der Waals surface area contributed by atoms with Crippen LogP contribution in [-0.2, 0) is 0 Å². The van der Waals surface area contributed by atoms with Gasteiger partial charge in [-0.1, -0.05) is 6.07 Å². The fourth-order valence-corrected chi connectivity index (χ4v) is 0.926. The highest BCUT2D eigenvalue weighted by molar-refractivity contribution is 5.44. The summed E-state index contributed by atoms with van der Waals surface area (Å²) in [5.41, 5.74) is 1.23. The van der Waals surface area contributed by atoms with Crippen LogP contribution >= 0.6 is 0 Å². The van der Waals surface area contributed by atoms with Crippen molar-refractivity contribution in [2.45, 2.75) is 6.92 Å². The molecule has 10 heavy (non-hydrogen) atoms. The van der Waals surface area contributed by atoms with Crippen LogP contribution in [-0.4, -0.2) is 18.1 Å². The van der Waals surface area contributed by atoms with Crippen molar-refractivity contribution in [3.05, 3.63) is 23.9 Å². The summed E-state index contributed by atoms with van der Waals surface area (Å²) in [6.07, 6.45) is 1.91. The smallest absolute Gasteiger partial charge is 0.128 e. The Kier molecular flexibility index (Phi) is 1.13. The molecule has 0 radical (unpaired) electrons. The Balaban J connectivity index is 2.28. The highest BCUT2D eigenvalue weighted by Gasteiger charge is 2.17. The van der Waals surface area contributed by atoms with E-state index in [-0.39, 0.29) is 0 Å². The molecule has 2 nitrogen and oxygen atoms in total. The van der Waals surface area contributed by atoms with Crippen LogP contribution in [0.4, 0.5) is 5.82 Å². The van der Waals surface area contributed by atoms with Gasteiger partial charge in [0.2, 0.25) is 0 Å². The molecule has 0 bridgehead atoms. The fraction of sp³-hybridized carbons (Fsp3) is 0.375. The quantitative estimate of drug-likeness (QED) is 0.536. The first kappa shape index (κ1) is 5.71. The van der Waals surface area contributed by atoms with E-state index in [9.17, 15) is 0 Å². The molecule has 0 atom stereocenters. The van der Waals surface area contributed by atoms with E-state index in [0.29, 0.717) is 0 Å². The van der Waals surface area contributed by atoms with Crippen molar-refractivity contribution < 1.29 is 0 Å². The predicted octanol–water partition coefficient (Wildman–Crippen LogP) is 1.21. The highest BCUT2D eigenvalue weighted by Crippen LogP contribution is 2.16. The number of pyridine rings is 1. The maximum absolute atomic E-state index is 4.27. The highest BCUT2D eigenvalue weighted by atomic mass is 15.3. The second kappa shape index (κ2) is 1.97. The third kappa shape index (κ3) is 0.967. The molecule has 52 valence electrons. The van der Waals surface area contributed by atoms with Gasteiger partial charge in [-0.25, -0.2) is 4.98 Å². The molecule has 2 heterocycles. The first-order chi connectivity index (χ1) is 4.86. The number of aryl methyl sites for hydroxylation is 1. The van der Waals surface area contributed by atoms with E-state index < -0.39 is 0 Å². The summed E-state index contributed by atoms with van der Waals surface area (Å²) in [5.74, 6) is 1.12. The van der Waals surface area contributed by atoms with Crippen molar-refractivity contribution in [2.75, 3.05) is 18.0 Å². The molecule has 1 saturated heterocycles. The minimum Gasteiger partial charge on any atom is -0.353 e. The third-order valence-corrected chi connectivity index (χ3v) is 1.67. The molecule has 0 aromatic carbocycles. The lowest BCUT2D eigenvalue weighted by atomic mass is 10.3. The van der Waals surface area contributed by atoms with Gasteiger partial charge in [-0.2, -0.15) is 0 Å². The Morgan fingerprint density at radius 3 is 2.70 bits per heavy atom. The van der Waals surface area contributed by atoms with Crippen LogP contribution in [0.5, 0.6) is 0 Å². The van der Waals surface area contributed by atoms with Crippen LogP contribution < -0.4 is 4.90 Å².